The van der Waals surface area contributed by atoms with Crippen molar-refractivity contribution in [3.63, 3.8) is 0 Å². The van der Waals surface area contributed by atoms with Gasteiger partial charge in [0.15, 0.2) is 0 Å². The van der Waals surface area contributed by atoms with Crippen molar-refractivity contribution in [1.82, 2.24) is 15.2 Å². The van der Waals surface area contributed by atoms with Crippen molar-refractivity contribution >= 4 is 90.7 Å². The number of rotatable bonds is 5. The third kappa shape index (κ3) is 5.26. The molecule has 8 aromatic carbocycles. The number of thiophene rings is 2. The first-order chi connectivity index (χ1) is 28.2. The molecule has 270 valence electrons. The summed E-state index contributed by atoms with van der Waals surface area (Å²) in [6.07, 6.45) is -0.331. The first-order valence-corrected chi connectivity index (χ1v) is 21.0. The van der Waals surface area contributed by atoms with E-state index >= 15 is 0 Å². The van der Waals surface area contributed by atoms with Crippen LogP contribution in [0, 0.1) is 0 Å². The van der Waals surface area contributed by atoms with Crippen LogP contribution in [-0.2, 0) is 0 Å². The van der Waals surface area contributed by atoms with E-state index in [0.717, 1.165) is 17.0 Å². The molecule has 2 atom stereocenters. The maximum absolute atomic E-state index is 5.16. The van der Waals surface area contributed by atoms with Crippen molar-refractivity contribution in [3.05, 3.63) is 199 Å². The molecule has 0 aliphatic carbocycles. The summed E-state index contributed by atoms with van der Waals surface area (Å²) in [5, 5.41) is 15.4. The molecular weight excluding hydrogens is 733 g/mol. The second-order valence-corrected chi connectivity index (χ2v) is 16.9. The summed E-state index contributed by atoms with van der Waals surface area (Å²) in [4.78, 5) is 5.16. The molecule has 1 aliphatic rings. The Hall–Kier alpha value is -6.57. The summed E-state index contributed by atoms with van der Waals surface area (Å²) >= 11 is 3.76. The smallest absolute Gasteiger partial charge is 0.131 e. The normalized spacial score (nSPS) is 15.9. The average molecular weight is 767 g/mol. The predicted molar refractivity (Wildman–Crippen MR) is 243 cm³/mol. The number of amidine groups is 1. The first kappa shape index (κ1) is 32.7. The third-order valence-electron chi connectivity index (χ3n) is 11.5. The standard InChI is InChI=1S/C51H34N4S2/c1-3-13-31(14-4-1)49-52-50(32-15-5-2-6-16-32)54-51(53-49)40-21-12-24-45-47(40)39-20-11-19-35(48(39)57-45)33-25-28-44-41(29-33)38-27-26-34(30-46(38)56-44)55-42-22-9-7-17-36(42)37-18-8-10-23-43(37)55/h1-30,49,51,53H,(H,52,54). The van der Waals surface area contributed by atoms with E-state index in [9.17, 15) is 0 Å². The second kappa shape index (κ2) is 13.0. The van der Waals surface area contributed by atoms with Crippen LogP contribution in [-0.4, -0.2) is 10.4 Å². The molecule has 0 radical (unpaired) electrons. The van der Waals surface area contributed by atoms with Gasteiger partial charge in [-0.15, -0.1) is 22.7 Å². The van der Waals surface area contributed by atoms with Crippen molar-refractivity contribution in [3.8, 4) is 16.8 Å². The quantitative estimate of drug-likeness (QED) is 0.183. The lowest BCUT2D eigenvalue weighted by Crippen LogP contribution is -2.45. The van der Waals surface area contributed by atoms with Crippen molar-refractivity contribution in [2.45, 2.75) is 12.3 Å². The first-order valence-electron chi connectivity index (χ1n) is 19.4. The molecule has 11 aromatic rings. The number of benzene rings is 8. The van der Waals surface area contributed by atoms with Crippen molar-refractivity contribution in [1.29, 1.82) is 0 Å². The number of aromatic nitrogens is 1. The highest BCUT2D eigenvalue weighted by molar-refractivity contribution is 7.26. The molecule has 12 rings (SSSR count). The lowest BCUT2D eigenvalue weighted by Gasteiger charge is -2.32. The fourth-order valence-corrected chi connectivity index (χ4v) is 11.3. The Morgan fingerprint density at radius 1 is 0.491 bits per heavy atom. The van der Waals surface area contributed by atoms with Crippen LogP contribution in [0.5, 0.6) is 0 Å². The Balaban J connectivity index is 0.960. The highest BCUT2D eigenvalue weighted by atomic mass is 32.1. The van der Waals surface area contributed by atoms with E-state index < -0.39 is 0 Å². The largest absolute Gasteiger partial charge is 0.350 e. The molecule has 2 N–H and O–H groups in total. The van der Waals surface area contributed by atoms with Gasteiger partial charge in [0.05, 0.1) is 11.0 Å². The summed E-state index contributed by atoms with van der Waals surface area (Å²) in [5.74, 6) is 0.893. The minimum Gasteiger partial charge on any atom is -0.350 e. The third-order valence-corrected chi connectivity index (χ3v) is 13.8. The second-order valence-electron chi connectivity index (χ2n) is 14.8. The van der Waals surface area contributed by atoms with E-state index in [1.165, 1.54) is 84.5 Å². The lowest BCUT2D eigenvalue weighted by molar-refractivity contribution is 0.411. The van der Waals surface area contributed by atoms with E-state index in [4.69, 9.17) is 4.99 Å². The van der Waals surface area contributed by atoms with Gasteiger partial charge in [-0.05, 0) is 64.7 Å². The van der Waals surface area contributed by atoms with Gasteiger partial charge < -0.3 is 9.88 Å². The van der Waals surface area contributed by atoms with Crippen molar-refractivity contribution in [2.75, 3.05) is 0 Å². The maximum atomic E-state index is 5.16. The van der Waals surface area contributed by atoms with E-state index in [1.54, 1.807) is 0 Å². The van der Waals surface area contributed by atoms with Crippen LogP contribution in [0.3, 0.4) is 0 Å². The minimum atomic E-state index is -0.186. The fourth-order valence-electron chi connectivity index (χ4n) is 8.88. The molecule has 0 spiro atoms. The Bertz CT molecular complexity index is 3320. The Morgan fingerprint density at radius 3 is 2.02 bits per heavy atom. The average Bonchev–Trinajstić information content (AvgIpc) is 3.96. The highest BCUT2D eigenvalue weighted by Gasteiger charge is 2.28. The topological polar surface area (TPSA) is 41.4 Å². The molecule has 2 unspecified atom stereocenters. The van der Waals surface area contributed by atoms with Gasteiger partial charge in [0.1, 0.15) is 18.2 Å². The summed E-state index contributed by atoms with van der Waals surface area (Å²) in [5.41, 5.74) is 9.60. The molecule has 0 saturated heterocycles. The molecule has 1 aliphatic heterocycles. The van der Waals surface area contributed by atoms with Crippen LogP contribution in [0.15, 0.2) is 187 Å². The van der Waals surface area contributed by atoms with Crippen LogP contribution in [0.25, 0.3) is 79.0 Å². The Kier molecular flexibility index (Phi) is 7.45. The zero-order valence-electron chi connectivity index (χ0n) is 30.7. The summed E-state index contributed by atoms with van der Waals surface area (Å²) in [6, 6.07) is 66.0. The number of hydrogen-bond donors (Lipinski definition) is 2. The highest BCUT2D eigenvalue weighted by Crippen LogP contribution is 2.45. The molecule has 3 aromatic heterocycles. The van der Waals surface area contributed by atoms with E-state index in [2.05, 4.69) is 197 Å². The zero-order chi connectivity index (χ0) is 37.5. The van der Waals surface area contributed by atoms with Crippen LogP contribution >= 0.6 is 22.7 Å². The summed E-state index contributed by atoms with van der Waals surface area (Å²) < 4.78 is 7.59. The van der Waals surface area contributed by atoms with Gasteiger partial charge in [-0.2, -0.15) is 0 Å². The molecular formula is C51H34N4S2. The fraction of sp³-hybridized carbons (Fsp3) is 0.0392. The number of aliphatic imine (C=N–C) groups is 1. The monoisotopic (exact) mass is 766 g/mol. The van der Waals surface area contributed by atoms with E-state index in [0.29, 0.717) is 0 Å². The van der Waals surface area contributed by atoms with Gasteiger partial charge in [0.2, 0.25) is 0 Å². The number of fused-ring (bicyclic) bond motifs is 9. The van der Waals surface area contributed by atoms with Crippen LogP contribution in [0.2, 0.25) is 0 Å². The van der Waals surface area contributed by atoms with Gasteiger partial charge in [0.25, 0.3) is 0 Å². The molecule has 0 saturated carbocycles. The van der Waals surface area contributed by atoms with Gasteiger partial charge in [-0.25, -0.2) is 4.99 Å². The maximum Gasteiger partial charge on any atom is 0.131 e. The Labute approximate surface area is 337 Å². The van der Waals surface area contributed by atoms with Gasteiger partial charge in [-0.1, -0.05) is 140 Å². The van der Waals surface area contributed by atoms with Crippen LogP contribution < -0.4 is 10.6 Å². The molecule has 0 amide bonds. The molecule has 57 heavy (non-hydrogen) atoms. The van der Waals surface area contributed by atoms with Crippen molar-refractivity contribution in [2.24, 2.45) is 4.99 Å². The molecule has 4 nitrogen and oxygen atoms in total. The Morgan fingerprint density at radius 2 is 1.21 bits per heavy atom. The number of hydrogen-bond acceptors (Lipinski definition) is 5. The zero-order valence-corrected chi connectivity index (χ0v) is 32.3. The van der Waals surface area contributed by atoms with E-state index in [1.807, 2.05) is 22.7 Å². The molecule has 0 fully saturated rings. The van der Waals surface area contributed by atoms with Gasteiger partial charge in [0, 0.05) is 62.4 Å². The van der Waals surface area contributed by atoms with Gasteiger partial charge in [-0.3, -0.25) is 5.32 Å². The van der Waals surface area contributed by atoms with E-state index in [-0.39, 0.29) is 12.3 Å². The molecule has 0 bridgehead atoms. The summed E-state index contributed by atoms with van der Waals surface area (Å²) in [7, 11) is 0. The lowest BCUT2D eigenvalue weighted by atomic mass is 9.98. The summed E-state index contributed by atoms with van der Waals surface area (Å²) in [6.45, 7) is 0. The molecule has 4 heterocycles. The number of para-hydroxylation sites is 2. The molecule has 6 heteroatoms. The number of nitrogens with zero attached hydrogens (tertiary/aromatic N) is 2. The van der Waals surface area contributed by atoms with Crippen LogP contribution in [0.4, 0.5) is 0 Å². The van der Waals surface area contributed by atoms with Crippen molar-refractivity contribution < 1.29 is 0 Å². The minimum absolute atomic E-state index is 0.144. The predicted octanol–water partition coefficient (Wildman–Crippen LogP) is 13.5. The van der Waals surface area contributed by atoms with Crippen LogP contribution in [0.1, 0.15) is 29.0 Å². The number of nitrogens with one attached hydrogen (secondary N) is 2. The van der Waals surface area contributed by atoms with Gasteiger partial charge >= 0.3 is 0 Å². The SMILES string of the molecule is c1ccc(C2=NC(c3ccccc3)NC(c3cccc4sc5c(-c6ccc7sc8cc(-n9c%10ccccc%10c%10ccccc%109)ccc8c7c6)cccc5c34)N2)cc1.